The van der Waals surface area contributed by atoms with Gasteiger partial charge in [-0.25, -0.2) is 4.79 Å². The fourth-order valence-corrected chi connectivity index (χ4v) is 2.38. The van der Waals surface area contributed by atoms with Crippen LogP contribution in [0.2, 0.25) is 0 Å². The third-order valence-corrected chi connectivity index (χ3v) is 4.21. The van der Waals surface area contributed by atoms with Gasteiger partial charge in [-0.3, -0.25) is 0 Å². The van der Waals surface area contributed by atoms with Crippen LogP contribution < -0.4 is 0 Å². The van der Waals surface area contributed by atoms with Crippen molar-refractivity contribution >= 4 is 5.97 Å². The molecule has 0 aliphatic rings. The Morgan fingerprint density at radius 1 is 1.04 bits per heavy atom. The van der Waals surface area contributed by atoms with Crippen molar-refractivity contribution in [1.82, 2.24) is 0 Å². The van der Waals surface area contributed by atoms with Gasteiger partial charge in [0, 0.05) is 17.2 Å². The predicted octanol–water partition coefficient (Wildman–Crippen LogP) is 2.59. The molecule has 23 heavy (non-hydrogen) atoms. The zero-order valence-electron chi connectivity index (χ0n) is 15.3. The lowest BCUT2D eigenvalue weighted by Gasteiger charge is -2.30. The summed E-state index contributed by atoms with van der Waals surface area (Å²) in [4.78, 5) is 11.1. The number of nitrogens with zero attached hydrogens (tertiary/aromatic N) is 2. The first-order chi connectivity index (χ1) is 10.7. The summed E-state index contributed by atoms with van der Waals surface area (Å²) in [6.45, 7) is 9.89. The standard InChI is InChI=1S/C19H32N2O2/c1-7-19(22)23-14-13-21(5,6)16-18-11-9-17(10-12-18)15-20(3,4)8-2/h7,9-12H,1,8,13-16H2,2-6H3/q+2. The normalized spacial score (nSPS) is 12.0. The van der Waals surface area contributed by atoms with Crippen LogP contribution in [-0.2, 0) is 22.6 Å². The lowest BCUT2D eigenvalue weighted by atomic mass is 10.1. The summed E-state index contributed by atoms with van der Waals surface area (Å²) < 4.78 is 6.85. The number of quaternary nitrogens is 2. The molecule has 1 rings (SSSR count). The zero-order valence-corrected chi connectivity index (χ0v) is 15.3. The molecule has 0 fully saturated rings. The molecule has 0 unspecified atom stereocenters. The molecule has 0 N–H and O–H groups in total. The number of esters is 1. The smallest absolute Gasteiger partial charge is 0.330 e. The Morgan fingerprint density at radius 3 is 1.96 bits per heavy atom. The van der Waals surface area contributed by atoms with Crippen molar-refractivity contribution < 1.29 is 18.5 Å². The molecule has 0 radical (unpaired) electrons. The second kappa shape index (κ2) is 8.27. The Kier molecular flexibility index (Phi) is 6.98. The Balaban J connectivity index is 2.56. The molecule has 0 aromatic heterocycles. The fraction of sp³-hybridized carbons (Fsp3) is 0.526. The molecule has 0 bridgehead atoms. The number of likely N-dealkylation sites (N-methyl/N-ethyl adjacent to an activating group) is 1. The van der Waals surface area contributed by atoms with Gasteiger partial charge in [-0.1, -0.05) is 30.8 Å². The minimum absolute atomic E-state index is 0.356. The average molecular weight is 320 g/mol. The van der Waals surface area contributed by atoms with Crippen molar-refractivity contribution in [3.63, 3.8) is 0 Å². The maximum atomic E-state index is 11.1. The largest absolute Gasteiger partial charge is 0.457 e. The molecule has 128 valence electrons. The number of ether oxygens (including phenoxy) is 1. The average Bonchev–Trinajstić information content (AvgIpc) is 2.48. The summed E-state index contributed by atoms with van der Waals surface area (Å²) in [6, 6.07) is 8.87. The van der Waals surface area contributed by atoms with E-state index in [0.29, 0.717) is 6.61 Å². The van der Waals surface area contributed by atoms with E-state index >= 15 is 0 Å². The van der Waals surface area contributed by atoms with Crippen molar-refractivity contribution in [1.29, 1.82) is 0 Å². The van der Waals surface area contributed by atoms with Gasteiger partial charge in [0.15, 0.2) is 0 Å². The van der Waals surface area contributed by atoms with Gasteiger partial charge in [-0.2, -0.15) is 0 Å². The molecule has 1 aromatic carbocycles. The number of carbonyl (C=O) groups excluding carboxylic acids is 1. The first-order valence-electron chi connectivity index (χ1n) is 8.18. The molecule has 0 amide bonds. The minimum Gasteiger partial charge on any atom is -0.457 e. The second-order valence-electron chi connectivity index (χ2n) is 7.42. The molecule has 0 aliphatic carbocycles. The third-order valence-electron chi connectivity index (χ3n) is 4.21. The van der Waals surface area contributed by atoms with E-state index in [9.17, 15) is 4.79 Å². The predicted molar refractivity (Wildman–Crippen MR) is 94.6 cm³/mol. The molecular formula is C19H32N2O2+2. The topological polar surface area (TPSA) is 26.3 Å². The van der Waals surface area contributed by atoms with Crippen molar-refractivity contribution in [3.05, 3.63) is 48.0 Å². The lowest BCUT2D eigenvalue weighted by Crippen LogP contribution is -2.41. The first-order valence-corrected chi connectivity index (χ1v) is 8.18. The van der Waals surface area contributed by atoms with E-state index < -0.39 is 0 Å². The SMILES string of the molecule is C=CC(=O)OCC[N+](C)(C)Cc1ccc(C[N+](C)(C)CC)cc1. The summed E-state index contributed by atoms with van der Waals surface area (Å²) in [5, 5.41) is 0. The van der Waals surface area contributed by atoms with E-state index in [4.69, 9.17) is 4.74 Å². The van der Waals surface area contributed by atoms with Gasteiger partial charge in [0.2, 0.25) is 0 Å². The Hall–Kier alpha value is -1.65. The van der Waals surface area contributed by atoms with Crippen LogP contribution in [0.4, 0.5) is 0 Å². The van der Waals surface area contributed by atoms with Gasteiger partial charge >= 0.3 is 5.97 Å². The van der Waals surface area contributed by atoms with E-state index in [0.717, 1.165) is 35.1 Å². The van der Waals surface area contributed by atoms with E-state index in [1.807, 2.05) is 0 Å². The Labute approximate surface area is 141 Å². The molecule has 0 spiro atoms. The fourth-order valence-electron chi connectivity index (χ4n) is 2.38. The summed E-state index contributed by atoms with van der Waals surface area (Å²) in [7, 11) is 8.79. The van der Waals surface area contributed by atoms with Crippen LogP contribution in [0.15, 0.2) is 36.9 Å². The summed E-state index contributed by atoms with van der Waals surface area (Å²) in [6.07, 6.45) is 1.20. The second-order valence-corrected chi connectivity index (χ2v) is 7.42. The van der Waals surface area contributed by atoms with Gasteiger partial charge < -0.3 is 13.7 Å². The quantitative estimate of drug-likeness (QED) is 0.397. The zero-order chi connectivity index (χ0) is 17.5. The number of hydrogen-bond acceptors (Lipinski definition) is 2. The van der Waals surface area contributed by atoms with Crippen LogP contribution in [-0.4, -0.2) is 62.8 Å². The van der Waals surface area contributed by atoms with Gasteiger partial charge in [0.1, 0.15) is 26.2 Å². The number of carbonyl (C=O) groups is 1. The van der Waals surface area contributed by atoms with Crippen LogP contribution in [0.5, 0.6) is 0 Å². The van der Waals surface area contributed by atoms with Crippen LogP contribution in [0.3, 0.4) is 0 Å². The van der Waals surface area contributed by atoms with Crippen LogP contribution >= 0.6 is 0 Å². The molecule has 0 saturated heterocycles. The number of benzene rings is 1. The third kappa shape index (κ3) is 7.44. The minimum atomic E-state index is -0.356. The monoisotopic (exact) mass is 320 g/mol. The van der Waals surface area contributed by atoms with Gasteiger partial charge in [0.05, 0.1) is 34.7 Å². The highest BCUT2D eigenvalue weighted by Gasteiger charge is 2.17. The molecule has 0 heterocycles. The van der Waals surface area contributed by atoms with Crippen molar-refractivity contribution in [2.75, 3.05) is 47.9 Å². The maximum absolute atomic E-state index is 11.1. The van der Waals surface area contributed by atoms with Gasteiger partial charge in [-0.05, 0) is 6.92 Å². The molecular weight excluding hydrogens is 288 g/mol. The van der Waals surface area contributed by atoms with E-state index in [1.54, 1.807) is 0 Å². The summed E-state index contributed by atoms with van der Waals surface area (Å²) in [5.74, 6) is -0.356. The van der Waals surface area contributed by atoms with Crippen molar-refractivity contribution in [3.8, 4) is 0 Å². The maximum Gasteiger partial charge on any atom is 0.330 e. The lowest BCUT2D eigenvalue weighted by molar-refractivity contribution is -0.903. The Morgan fingerprint density at radius 2 is 1.52 bits per heavy atom. The Bertz CT molecular complexity index is 519. The van der Waals surface area contributed by atoms with Gasteiger partial charge in [-0.15, -0.1) is 0 Å². The molecule has 0 saturated carbocycles. The van der Waals surface area contributed by atoms with Crippen molar-refractivity contribution in [2.45, 2.75) is 20.0 Å². The molecule has 4 nitrogen and oxygen atoms in total. The van der Waals surface area contributed by atoms with Crippen LogP contribution in [0.25, 0.3) is 0 Å². The highest BCUT2D eigenvalue weighted by Crippen LogP contribution is 2.14. The van der Waals surface area contributed by atoms with Crippen LogP contribution in [0, 0.1) is 0 Å². The molecule has 0 atom stereocenters. The molecule has 0 aliphatic heterocycles. The first kappa shape index (κ1) is 19.4. The van der Waals surface area contributed by atoms with Crippen molar-refractivity contribution in [2.24, 2.45) is 0 Å². The number of hydrogen-bond donors (Lipinski definition) is 0. The number of rotatable bonds is 9. The summed E-state index contributed by atoms with van der Waals surface area (Å²) in [5.41, 5.74) is 2.67. The molecule has 4 heteroatoms. The van der Waals surface area contributed by atoms with E-state index in [1.165, 1.54) is 17.2 Å². The van der Waals surface area contributed by atoms with Crippen LogP contribution in [0.1, 0.15) is 18.1 Å². The van der Waals surface area contributed by atoms with Gasteiger partial charge in [0.25, 0.3) is 0 Å². The highest BCUT2D eigenvalue weighted by molar-refractivity contribution is 5.81. The van der Waals surface area contributed by atoms with E-state index in [-0.39, 0.29) is 5.97 Å². The highest BCUT2D eigenvalue weighted by atomic mass is 16.5. The summed E-state index contributed by atoms with van der Waals surface area (Å²) >= 11 is 0. The van der Waals surface area contributed by atoms with E-state index in [2.05, 4.69) is 66.0 Å². The molecule has 1 aromatic rings.